The summed E-state index contributed by atoms with van der Waals surface area (Å²) in [5.74, 6) is -2.18. The molecule has 1 aliphatic rings. The zero-order chi connectivity index (χ0) is 33.0. The van der Waals surface area contributed by atoms with Gasteiger partial charge in [-0.25, -0.2) is 15.0 Å². The molecule has 240 valence electrons. The lowest BCUT2D eigenvalue weighted by molar-refractivity contribution is -0.722. The highest BCUT2D eigenvalue weighted by atomic mass is 35.5. The van der Waals surface area contributed by atoms with E-state index >= 15 is 0 Å². The summed E-state index contributed by atoms with van der Waals surface area (Å²) in [6.07, 6.45) is 4.56. The Morgan fingerprint density at radius 1 is 0.957 bits per heavy atom. The third-order valence-corrected chi connectivity index (χ3v) is 7.46. The van der Waals surface area contributed by atoms with E-state index in [-0.39, 0.29) is 31.3 Å². The average molecular weight is 681 g/mol. The number of rotatable bonds is 12. The molecular formula is C30H22Cl2N6O9. The highest BCUT2D eigenvalue weighted by Crippen LogP contribution is 2.41. The molecule has 0 saturated carbocycles. The quantitative estimate of drug-likeness (QED) is 0.114. The molecule has 15 nitrogen and oxygen atoms in total. The fourth-order valence-electron chi connectivity index (χ4n) is 4.90. The average Bonchev–Trinajstić information content (AvgIpc) is 3.71. The molecule has 3 heterocycles. The third-order valence-electron chi connectivity index (χ3n) is 6.91. The van der Waals surface area contributed by atoms with Crippen molar-refractivity contribution in [2.45, 2.75) is 18.4 Å². The minimum atomic E-state index is -1.24. The predicted molar refractivity (Wildman–Crippen MR) is 165 cm³/mol. The van der Waals surface area contributed by atoms with Gasteiger partial charge < -0.3 is 18.8 Å². The van der Waals surface area contributed by atoms with Gasteiger partial charge in [0.15, 0.2) is 11.6 Å². The van der Waals surface area contributed by atoms with E-state index in [2.05, 4.69) is 24.6 Å². The van der Waals surface area contributed by atoms with Gasteiger partial charge in [-0.2, -0.15) is 0 Å². The van der Waals surface area contributed by atoms with E-state index in [9.17, 15) is 20.2 Å². The van der Waals surface area contributed by atoms with E-state index in [4.69, 9.17) is 37.4 Å². The van der Waals surface area contributed by atoms with Gasteiger partial charge in [0.2, 0.25) is 11.7 Å². The van der Waals surface area contributed by atoms with Crippen molar-refractivity contribution in [3.8, 4) is 40.0 Å². The SMILES string of the molecule is O=[N+]([O-])Oc1nc(-c2ccccc2)nc(-c2ccc(OCC3COC(Cn4ccnc4)(c4ccc(Cl)cc4Cl)O3)cc2)c1O[N+](=O)[O-]. The fraction of sp³-hybridized carbons (Fsp3) is 0.167. The molecule has 2 unspecified atom stereocenters. The lowest BCUT2D eigenvalue weighted by atomic mass is 10.1. The number of benzene rings is 3. The Balaban J connectivity index is 1.23. The standard InChI is InChI=1S/C30H22Cl2N6O9/c31-21-8-11-24(25(32)14-21)30(17-36-13-12-33-18-36)44-16-23(45-30)15-43-22-9-6-19(7-10-22)26-27(46-37(39)40)29(47-38(41)42)35-28(34-26)20-4-2-1-3-5-20/h1-14,18,23H,15-17H2. The Labute approximate surface area is 275 Å². The van der Waals surface area contributed by atoms with Crippen LogP contribution in [0.5, 0.6) is 17.4 Å². The first-order valence-electron chi connectivity index (χ1n) is 13.8. The number of imidazole rings is 1. The van der Waals surface area contributed by atoms with Gasteiger partial charge in [-0.1, -0.05) is 59.6 Å². The van der Waals surface area contributed by atoms with Gasteiger partial charge in [0.25, 0.3) is 5.09 Å². The Morgan fingerprint density at radius 3 is 2.40 bits per heavy atom. The van der Waals surface area contributed by atoms with Crippen LogP contribution in [-0.4, -0.2) is 49.0 Å². The first-order valence-corrected chi connectivity index (χ1v) is 14.5. The van der Waals surface area contributed by atoms with Gasteiger partial charge in [0, 0.05) is 34.1 Å². The first kappa shape index (κ1) is 31.6. The smallest absolute Gasteiger partial charge is 0.301 e. The minimum absolute atomic E-state index is 0.0202. The van der Waals surface area contributed by atoms with Crippen molar-refractivity contribution < 1.29 is 34.1 Å². The van der Waals surface area contributed by atoms with Crippen LogP contribution in [0, 0.1) is 20.2 Å². The molecule has 1 fully saturated rings. The molecule has 47 heavy (non-hydrogen) atoms. The van der Waals surface area contributed by atoms with E-state index < -0.39 is 33.7 Å². The highest BCUT2D eigenvalue weighted by Gasteiger charge is 2.45. The number of nitrogens with zero attached hydrogens (tertiary/aromatic N) is 6. The third kappa shape index (κ3) is 7.23. The Morgan fingerprint density at radius 2 is 1.72 bits per heavy atom. The maximum absolute atomic E-state index is 11.3. The number of hydrogen-bond acceptors (Lipinski definition) is 12. The zero-order valence-electron chi connectivity index (χ0n) is 24.0. The summed E-state index contributed by atoms with van der Waals surface area (Å²) in [7, 11) is 0. The largest absolute Gasteiger partial charge is 0.491 e. The van der Waals surface area contributed by atoms with Crippen LogP contribution in [0.15, 0.2) is 91.5 Å². The molecule has 17 heteroatoms. The maximum atomic E-state index is 11.3. The van der Waals surface area contributed by atoms with Crippen molar-refractivity contribution in [1.29, 1.82) is 0 Å². The molecule has 0 spiro atoms. The molecular weight excluding hydrogens is 659 g/mol. The van der Waals surface area contributed by atoms with Crippen LogP contribution in [0.2, 0.25) is 10.0 Å². The fourth-order valence-corrected chi connectivity index (χ4v) is 5.46. The van der Waals surface area contributed by atoms with E-state index in [1.165, 1.54) is 0 Å². The van der Waals surface area contributed by atoms with Gasteiger partial charge in [-0.3, -0.25) is 9.68 Å². The summed E-state index contributed by atoms with van der Waals surface area (Å²) in [6.45, 7) is 0.550. The molecule has 3 aromatic carbocycles. The Bertz CT molecular complexity index is 1900. The summed E-state index contributed by atoms with van der Waals surface area (Å²) in [5, 5.41) is 21.1. The number of hydrogen-bond donors (Lipinski definition) is 0. The topological polar surface area (TPSA) is 176 Å². The van der Waals surface area contributed by atoms with Crippen molar-refractivity contribution in [3.63, 3.8) is 0 Å². The van der Waals surface area contributed by atoms with Crippen molar-refractivity contribution in [3.05, 3.63) is 127 Å². The minimum Gasteiger partial charge on any atom is -0.491 e. The van der Waals surface area contributed by atoms with Crippen LogP contribution in [0.25, 0.3) is 22.6 Å². The molecule has 0 N–H and O–H groups in total. The zero-order valence-corrected chi connectivity index (χ0v) is 25.5. The molecule has 1 aliphatic heterocycles. The van der Waals surface area contributed by atoms with E-state index in [1.807, 2.05) is 4.57 Å². The molecule has 0 radical (unpaired) electrons. The summed E-state index contributed by atoms with van der Waals surface area (Å²) in [6, 6.07) is 19.9. The van der Waals surface area contributed by atoms with Crippen LogP contribution < -0.4 is 14.4 Å². The first-order chi connectivity index (χ1) is 22.7. The summed E-state index contributed by atoms with van der Waals surface area (Å²) in [5.41, 5.74) is 1.27. The lowest BCUT2D eigenvalue weighted by Gasteiger charge is -2.30. The van der Waals surface area contributed by atoms with Gasteiger partial charge in [-0.15, -0.1) is 20.2 Å². The summed E-state index contributed by atoms with van der Waals surface area (Å²) in [4.78, 5) is 44.2. The molecule has 2 aromatic heterocycles. The van der Waals surface area contributed by atoms with E-state index in [1.54, 1.807) is 91.5 Å². The normalized spacial score (nSPS) is 17.3. The molecule has 1 saturated heterocycles. The van der Waals surface area contributed by atoms with Crippen molar-refractivity contribution >= 4 is 23.2 Å². The molecule has 0 bridgehead atoms. The number of aromatic nitrogens is 4. The van der Waals surface area contributed by atoms with Crippen LogP contribution in [-0.2, 0) is 21.8 Å². The number of ether oxygens (including phenoxy) is 3. The van der Waals surface area contributed by atoms with Gasteiger partial charge in [0.05, 0.1) is 24.5 Å². The van der Waals surface area contributed by atoms with E-state index in [0.717, 1.165) is 0 Å². The van der Waals surface area contributed by atoms with Crippen LogP contribution in [0.3, 0.4) is 0 Å². The maximum Gasteiger partial charge on any atom is 0.301 e. The van der Waals surface area contributed by atoms with Gasteiger partial charge in [-0.05, 0) is 36.4 Å². The van der Waals surface area contributed by atoms with Gasteiger partial charge >= 0.3 is 5.09 Å². The monoisotopic (exact) mass is 680 g/mol. The molecule has 5 aromatic rings. The Hall–Kier alpha value is -5.35. The number of halogens is 2. The van der Waals surface area contributed by atoms with Crippen LogP contribution >= 0.6 is 23.2 Å². The van der Waals surface area contributed by atoms with E-state index in [0.29, 0.717) is 32.5 Å². The van der Waals surface area contributed by atoms with Crippen LogP contribution in [0.4, 0.5) is 0 Å². The Kier molecular flexibility index (Phi) is 9.12. The van der Waals surface area contributed by atoms with Crippen molar-refractivity contribution in [2.75, 3.05) is 13.2 Å². The molecule has 0 aliphatic carbocycles. The lowest BCUT2D eigenvalue weighted by Crippen LogP contribution is -2.34. The van der Waals surface area contributed by atoms with Gasteiger partial charge in [0.1, 0.15) is 24.2 Å². The molecule has 2 atom stereocenters. The summed E-state index contributed by atoms with van der Waals surface area (Å²) < 4.78 is 20.4. The highest BCUT2D eigenvalue weighted by molar-refractivity contribution is 6.35. The summed E-state index contributed by atoms with van der Waals surface area (Å²) >= 11 is 12.7. The second-order valence-corrected chi connectivity index (χ2v) is 10.9. The van der Waals surface area contributed by atoms with Crippen molar-refractivity contribution in [2.24, 2.45) is 0 Å². The second kappa shape index (κ2) is 13.6. The molecule has 0 amide bonds. The molecule has 6 rings (SSSR count). The van der Waals surface area contributed by atoms with Crippen LogP contribution in [0.1, 0.15) is 5.56 Å². The predicted octanol–water partition coefficient (Wildman–Crippen LogP) is 5.80. The second-order valence-electron chi connectivity index (χ2n) is 10.0. The van der Waals surface area contributed by atoms with Crippen molar-refractivity contribution in [1.82, 2.24) is 19.5 Å².